The minimum Gasteiger partial charge on any atom is -0.380 e. The van der Waals surface area contributed by atoms with Gasteiger partial charge in [0.15, 0.2) is 9.84 Å². The monoisotopic (exact) mass is 1110 g/mol. The van der Waals surface area contributed by atoms with Crippen LogP contribution in [0.1, 0.15) is 38.4 Å². The van der Waals surface area contributed by atoms with Crippen molar-refractivity contribution in [3.05, 3.63) is 132 Å². The molecule has 74 heavy (non-hydrogen) atoms. The molecule has 2 saturated heterocycles. The summed E-state index contributed by atoms with van der Waals surface area (Å²) in [5.74, 6) is -0.0913. The molecule has 0 amide bonds. The summed E-state index contributed by atoms with van der Waals surface area (Å²) in [6.07, 6.45) is 2.11. The van der Waals surface area contributed by atoms with Crippen molar-refractivity contribution in [2.24, 2.45) is 0 Å². The van der Waals surface area contributed by atoms with Crippen molar-refractivity contribution >= 4 is 78.6 Å². The van der Waals surface area contributed by atoms with Gasteiger partial charge in [0.2, 0.25) is 0 Å². The zero-order chi connectivity index (χ0) is 53.3. The van der Waals surface area contributed by atoms with Gasteiger partial charge in [0, 0.05) is 95.1 Å². The lowest BCUT2D eigenvalue weighted by molar-refractivity contribution is -0.0435. The smallest absolute Gasteiger partial charge is 0.380 e. The molecule has 0 radical (unpaired) electrons. The molecule has 0 bridgehead atoms. The molecule has 1 N–H and O–H groups in total. The normalized spacial score (nSPS) is 17.3. The maximum Gasteiger partial charge on any atom is 0.501 e. The first kappa shape index (κ1) is 55.2. The fourth-order valence-corrected chi connectivity index (χ4v) is 15.4. The Hall–Kier alpha value is -5.01. The van der Waals surface area contributed by atoms with E-state index in [9.17, 15) is 30.0 Å². The Bertz CT molecular complexity index is 3250. The molecule has 5 aromatic carbocycles. The molecular formula is C53H60ClF4N6O6PS3. The molecule has 0 saturated carbocycles. The summed E-state index contributed by atoms with van der Waals surface area (Å²) in [7, 11) is -10.1. The van der Waals surface area contributed by atoms with Crippen LogP contribution in [0.2, 0.25) is 5.02 Å². The Morgan fingerprint density at radius 1 is 0.811 bits per heavy atom. The Kier molecular flexibility index (Phi) is 16.6. The zero-order valence-electron chi connectivity index (χ0n) is 41.9. The Balaban J connectivity index is 1.03. The van der Waals surface area contributed by atoms with E-state index in [1.807, 2.05) is 98.1 Å². The third-order valence-corrected chi connectivity index (χ3v) is 19.9. The van der Waals surface area contributed by atoms with Crippen LogP contribution in [0.5, 0.6) is 0 Å². The number of benzene rings is 5. The van der Waals surface area contributed by atoms with Gasteiger partial charge in [0.1, 0.15) is 10.7 Å². The predicted octanol–water partition coefficient (Wildman–Crippen LogP) is 11.8. The van der Waals surface area contributed by atoms with E-state index in [2.05, 4.69) is 15.1 Å². The fourth-order valence-electron chi connectivity index (χ4n) is 9.70. The van der Waals surface area contributed by atoms with Crippen LogP contribution in [-0.4, -0.2) is 110 Å². The van der Waals surface area contributed by atoms with E-state index in [-0.39, 0.29) is 35.1 Å². The first-order chi connectivity index (χ1) is 35.0. The first-order valence-corrected chi connectivity index (χ1v) is 30.5. The molecular weight excluding hydrogens is 1060 g/mol. The molecule has 0 aliphatic carbocycles. The van der Waals surface area contributed by atoms with Crippen LogP contribution in [0.25, 0.3) is 22.4 Å². The largest absolute Gasteiger partial charge is 0.501 e. The summed E-state index contributed by atoms with van der Waals surface area (Å²) in [5, 5.41) is 3.44. The fraction of sp³-hybridized carbons (Fsp3) is 0.358. The highest BCUT2D eigenvalue weighted by Crippen LogP contribution is 2.55. The first-order valence-electron chi connectivity index (χ1n) is 24.2. The van der Waals surface area contributed by atoms with Crippen molar-refractivity contribution in [3.63, 3.8) is 0 Å². The number of thioether (sulfide) groups is 1. The molecule has 1 aromatic heterocycles. The molecule has 0 unspecified atom stereocenters. The second kappa shape index (κ2) is 22.3. The number of piperazine rings is 1. The van der Waals surface area contributed by atoms with E-state index in [4.69, 9.17) is 16.1 Å². The number of halogens is 5. The van der Waals surface area contributed by atoms with E-state index in [1.165, 1.54) is 47.0 Å². The van der Waals surface area contributed by atoms with Crippen molar-refractivity contribution in [1.29, 1.82) is 0 Å². The number of hydrogen-bond acceptors (Lipinski definition) is 11. The average molecular weight is 1120 g/mol. The summed E-state index contributed by atoms with van der Waals surface area (Å²) in [4.78, 5) is 6.18. The quantitative estimate of drug-likeness (QED) is 0.0531. The number of anilines is 4. The maximum absolute atomic E-state index is 15.8. The molecule has 2 fully saturated rings. The molecule has 0 spiro atoms. The highest BCUT2D eigenvalue weighted by atomic mass is 35.5. The Morgan fingerprint density at radius 2 is 1.45 bits per heavy atom. The van der Waals surface area contributed by atoms with Crippen molar-refractivity contribution < 1.29 is 43.5 Å². The van der Waals surface area contributed by atoms with Gasteiger partial charge in [-0.15, -0.1) is 11.8 Å². The number of nitrogens with zero attached hydrogens (tertiary/aromatic N) is 5. The van der Waals surface area contributed by atoms with Crippen molar-refractivity contribution in [2.75, 3.05) is 91.8 Å². The highest BCUT2D eigenvalue weighted by molar-refractivity contribution is 7.99. The summed E-state index contributed by atoms with van der Waals surface area (Å²) < 4.78 is 137. The lowest BCUT2D eigenvalue weighted by Gasteiger charge is -2.39. The summed E-state index contributed by atoms with van der Waals surface area (Å²) in [6.45, 7) is 8.59. The third-order valence-electron chi connectivity index (χ3n) is 13.2. The Morgan fingerprint density at radius 3 is 2.05 bits per heavy atom. The van der Waals surface area contributed by atoms with Crippen LogP contribution in [0.4, 0.5) is 40.3 Å². The molecule has 12 nitrogen and oxygen atoms in total. The lowest BCUT2D eigenvalue weighted by atomic mass is 9.99. The van der Waals surface area contributed by atoms with E-state index in [1.54, 1.807) is 31.2 Å². The van der Waals surface area contributed by atoms with Gasteiger partial charge in [0.25, 0.3) is 9.84 Å². The summed E-state index contributed by atoms with van der Waals surface area (Å²) in [6, 6.07) is 31.4. The van der Waals surface area contributed by atoms with E-state index < -0.39 is 49.5 Å². The van der Waals surface area contributed by atoms with E-state index >= 15 is 8.96 Å². The van der Waals surface area contributed by atoms with Crippen LogP contribution in [0.3, 0.4) is 0 Å². The minimum absolute atomic E-state index is 0.0420. The zero-order valence-corrected chi connectivity index (χ0v) is 46.0. The summed E-state index contributed by atoms with van der Waals surface area (Å²) in [5.41, 5.74) is -1.23. The van der Waals surface area contributed by atoms with Gasteiger partial charge < -0.3 is 29.1 Å². The third kappa shape index (κ3) is 11.8. The van der Waals surface area contributed by atoms with E-state index in [0.29, 0.717) is 90.2 Å². The average Bonchev–Trinajstić information content (AvgIpc) is 3.69. The van der Waals surface area contributed by atoms with Gasteiger partial charge in [-0.1, -0.05) is 41.9 Å². The Labute approximate surface area is 441 Å². The van der Waals surface area contributed by atoms with E-state index in [0.717, 1.165) is 22.2 Å². The van der Waals surface area contributed by atoms with Crippen LogP contribution in [-0.2, 0) is 28.8 Å². The number of sulfone groups is 2. The standard InChI is InChI=1S/C53H60ClF4N6O6PS3/c1-36(2)64-37(3)52(73(6,66)67)50(51(64)38-13-15-40(54)16-14-38)39-31-41(55)33-45(32-39)62-28-26-61(27-29-62)43-17-19-44(20-18-43)63-24-10-30-70-71(63,65)46-21-22-48(49(34-46)74(68,69)53(56,57)58)59-42(23-25-60(4)5)35-72-47-11-8-7-9-12-47/h7-9,11-22,31-34,36,42,59H,10,23-30,35H2,1-6H3/t42-,71-/m1/s1. The number of rotatable bonds is 17. The second-order valence-electron chi connectivity index (χ2n) is 19.1. The van der Waals surface area contributed by atoms with Crippen molar-refractivity contribution in [3.8, 4) is 22.4 Å². The number of alkyl halides is 3. The van der Waals surface area contributed by atoms with Crippen molar-refractivity contribution in [1.82, 2.24) is 9.47 Å². The minimum atomic E-state index is -5.93. The van der Waals surface area contributed by atoms with Crippen LogP contribution < -0.4 is 25.1 Å². The number of hydrogen-bond donors (Lipinski definition) is 1. The highest BCUT2D eigenvalue weighted by Gasteiger charge is 2.49. The molecule has 396 valence electrons. The molecule has 6 aromatic rings. The lowest BCUT2D eigenvalue weighted by Crippen LogP contribution is -2.46. The van der Waals surface area contributed by atoms with Gasteiger partial charge in [-0.25, -0.2) is 21.2 Å². The molecule has 2 aliphatic rings. The van der Waals surface area contributed by atoms with Crippen LogP contribution >= 0.6 is 30.9 Å². The summed E-state index contributed by atoms with van der Waals surface area (Å²) >= 11 is 7.76. The van der Waals surface area contributed by atoms with Crippen LogP contribution in [0, 0.1) is 12.7 Å². The molecule has 2 atom stereocenters. The number of aromatic nitrogens is 1. The molecule has 3 heterocycles. The predicted molar refractivity (Wildman–Crippen MR) is 292 cm³/mol. The van der Waals surface area contributed by atoms with Crippen LogP contribution in [0.15, 0.2) is 130 Å². The van der Waals surface area contributed by atoms with Gasteiger partial charge in [-0.3, -0.25) is 9.24 Å². The van der Waals surface area contributed by atoms with Crippen molar-refractivity contribution in [2.45, 2.75) is 65.9 Å². The molecule has 2 aliphatic heterocycles. The number of nitrogens with one attached hydrogen (secondary N) is 1. The molecule has 8 rings (SSSR count). The molecule has 21 heteroatoms. The maximum atomic E-state index is 15.8. The van der Waals surface area contributed by atoms with Gasteiger partial charge in [0.05, 0.1) is 28.2 Å². The SMILES string of the molecule is Cc1c(S(C)(=O)=O)c(-c2cc(F)cc(N3CCN(c4ccc(N5CCCO[P@]5(=O)c5ccc(N[C@H](CCN(C)C)CSc6ccccc6)c(S(=O)(=O)C(F)(F)F)c5)cc4)CC3)c2)c(-c2ccc(Cl)cc2)n1C(C)C. The van der Waals surface area contributed by atoms with Gasteiger partial charge in [-0.2, -0.15) is 13.2 Å². The van der Waals surface area contributed by atoms with Gasteiger partial charge in [-0.05, 0) is 150 Å². The second-order valence-corrected chi connectivity index (χ2v) is 26.8. The van der Waals surface area contributed by atoms with Gasteiger partial charge >= 0.3 is 13.0 Å². The topological polar surface area (TPSA) is 124 Å².